The summed E-state index contributed by atoms with van der Waals surface area (Å²) in [6.45, 7) is -0.676. The van der Waals surface area contributed by atoms with Crippen molar-refractivity contribution < 1.29 is 19.8 Å². The Hall–Kier alpha value is -1.70. The van der Waals surface area contributed by atoms with E-state index < -0.39 is 24.5 Å². The van der Waals surface area contributed by atoms with Crippen LogP contribution in [0.2, 0.25) is 5.02 Å². The normalized spacial score (nSPS) is 12.3. The Morgan fingerprint density at radius 1 is 1.53 bits per heavy atom. The number of nitrogens with zero attached hydrogens (tertiary/aromatic N) is 1. The van der Waals surface area contributed by atoms with E-state index in [0.717, 1.165) is 11.3 Å². The molecule has 19 heavy (non-hydrogen) atoms. The van der Waals surface area contributed by atoms with Gasteiger partial charge in [-0.1, -0.05) is 11.6 Å². The van der Waals surface area contributed by atoms with Crippen molar-refractivity contribution in [2.24, 2.45) is 0 Å². The maximum atomic E-state index is 11.9. The number of rotatable bonds is 4. The highest BCUT2D eigenvalue weighted by atomic mass is 35.5. The van der Waals surface area contributed by atoms with E-state index in [-0.39, 0.29) is 4.88 Å². The number of carbonyl (C=O) groups is 2. The first-order valence-corrected chi connectivity index (χ1v) is 6.41. The van der Waals surface area contributed by atoms with Gasteiger partial charge in [0, 0.05) is 6.20 Å². The number of aliphatic hydroxyl groups excluding tert-OH is 1. The van der Waals surface area contributed by atoms with E-state index in [1.807, 2.05) is 0 Å². The fraction of sp³-hybridized carbons (Fsp3) is 0.182. The summed E-state index contributed by atoms with van der Waals surface area (Å²) in [6.07, 6.45) is 1.52. The van der Waals surface area contributed by atoms with Gasteiger partial charge in [-0.15, -0.1) is 11.3 Å². The number of carboxylic acid groups (broad SMARTS) is 1. The van der Waals surface area contributed by atoms with Gasteiger partial charge in [0.05, 0.1) is 26.7 Å². The zero-order valence-corrected chi connectivity index (χ0v) is 11.0. The van der Waals surface area contributed by atoms with E-state index in [4.69, 9.17) is 21.8 Å². The predicted molar refractivity (Wildman–Crippen MR) is 70.6 cm³/mol. The molecule has 2 aromatic rings. The molecule has 0 aliphatic heterocycles. The molecule has 8 heteroatoms. The van der Waals surface area contributed by atoms with Crippen molar-refractivity contribution in [1.82, 2.24) is 10.3 Å². The van der Waals surface area contributed by atoms with Crippen LogP contribution in [-0.2, 0) is 4.79 Å². The Labute approximate surface area is 116 Å². The molecule has 0 bridgehead atoms. The molecule has 3 N–H and O–H groups in total. The minimum atomic E-state index is -1.33. The molecule has 2 rings (SSSR count). The molecule has 0 fully saturated rings. The van der Waals surface area contributed by atoms with Crippen LogP contribution >= 0.6 is 22.9 Å². The molecule has 6 nitrogen and oxygen atoms in total. The molecular formula is C11H9ClN2O4S. The standard InChI is InChI=1S/C11H9ClN2O4S/c12-5-1-2-13-6-3-8(19-9(5)6)10(16)14-7(4-15)11(17)18/h1-3,7,15H,4H2,(H,14,16)(H,17,18)/t7-/m0/s1. The molecular weight excluding hydrogens is 292 g/mol. The Balaban J connectivity index is 2.27. The third kappa shape index (κ3) is 2.83. The number of halogens is 1. The van der Waals surface area contributed by atoms with Gasteiger partial charge in [0.15, 0.2) is 6.04 Å². The number of nitrogens with one attached hydrogen (secondary N) is 1. The summed E-state index contributed by atoms with van der Waals surface area (Å²) in [5.41, 5.74) is 0.568. The Kier molecular flexibility index (Phi) is 3.98. The highest BCUT2D eigenvalue weighted by Gasteiger charge is 2.21. The van der Waals surface area contributed by atoms with Gasteiger partial charge in [-0.25, -0.2) is 4.79 Å². The van der Waals surface area contributed by atoms with Crippen LogP contribution in [0.15, 0.2) is 18.3 Å². The van der Waals surface area contributed by atoms with E-state index >= 15 is 0 Å². The van der Waals surface area contributed by atoms with Crippen LogP contribution in [0.3, 0.4) is 0 Å². The lowest BCUT2D eigenvalue weighted by atomic mass is 10.3. The fourth-order valence-electron chi connectivity index (χ4n) is 1.43. The number of aliphatic carboxylic acids is 1. The second-order valence-electron chi connectivity index (χ2n) is 3.66. The topological polar surface area (TPSA) is 99.5 Å². The van der Waals surface area contributed by atoms with Gasteiger partial charge in [0.1, 0.15) is 0 Å². The average molecular weight is 301 g/mol. The van der Waals surface area contributed by atoms with Crippen molar-refractivity contribution in [3.8, 4) is 0 Å². The van der Waals surface area contributed by atoms with Crippen molar-refractivity contribution in [1.29, 1.82) is 0 Å². The smallest absolute Gasteiger partial charge is 0.328 e. The van der Waals surface area contributed by atoms with Crippen LogP contribution in [0.1, 0.15) is 9.67 Å². The van der Waals surface area contributed by atoms with Crippen LogP contribution in [-0.4, -0.2) is 39.7 Å². The summed E-state index contributed by atoms with van der Waals surface area (Å²) < 4.78 is 0.658. The number of aliphatic hydroxyl groups is 1. The highest BCUT2D eigenvalue weighted by Crippen LogP contribution is 2.30. The van der Waals surface area contributed by atoms with Gasteiger partial charge in [0.25, 0.3) is 5.91 Å². The predicted octanol–water partition coefficient (Wildman–Crippen LogP) is 1.12. The van der Waals surface area contributed by atoms with Gasteiger partial charge < -0.3 is 15.5 Å². The van der Waals surface area contributed by atoms with Crippen molar-refractivity contribution >= 4 is 45.0 Å². The second-order valence-corrected chi connectivity index (χ2v) is 5.12. The zero-order valence-electron chi connectivity index (χ0n) is 9.46. The van der Waals surface area contributed by atoms with Gasteiger partial charge >= 0.3 is 5.97 Å². The molecule has 0 spiro atoms. The number of carboxylic acids is 1. The number of carbonyl (C=O) groups excluding carboxylic acids is 1. The Morgan fingerprint density at radius 3 is 2.84 bits per heavy atom. The minimum Gasteiger partial charge on any atom is -0.480 e. The molecule has 1 amide bonds. The summed E-state index contributed by atoms with van der Waals surface area (Å²) in [5, 5.41) is 20.3. The molecule has 0 saturated heterocycles. The number of aromatic nitrogens is 1. The quantitative estimate of drug-likeness (QED) is 0.786. The summed E-state index contributed by atoms with van der Waals surface area (Å²) in [4.78, 5) is 26.9. The first kappa shape index (κ1) is 13.7. The fourth-order valence-corrected chi connectivity index (χ4v) is 2.63. The summed E-state index contributed by atoms with van der Waals surface area (Å²) in [7, 11) is 0. The van der Waals surface area contributed by atoms with Gasteiger partial charge in [-0.2, -0.15) is 0 Å². The van der Waals surface area contributed by atoms with Crippen LogP contribution in [0.25, 0.3) is 10.2 Å². The number of hydrogen-bond donors (Lipinski definition) is 3. The zero-order chi connectivity index (χ0) is 14.0. The Bertz CT molecular complexity index is 643. The maximum absolute atomic E-state index is 11.9. The van der Waals surface area contributed by atoms with E-state index in [2.05, 4.69) is 10.3 Å². The van der Waals surface area contributed by atoms with E-state index in [0.29, 0.717) is 15.2 Å². The lowest BCUT2D eigenvalue weighted by Gasteiger charge is -2.09. The van der Waals surface area contributed by atoms with Crippen molar-refractivity contribution in [3.63, 3.8) is 0 Å². The lowest BCUT2D eigenvalue weighted by Crippen LogP contribution is -2.43. The number of thiophene rings is 1. The molecule has 2 heterocycles. The largest absolute Gasteiger partial charge is 0.480 e. The number of amides is 1. The van der Waals surface area contributed by atoms with E-state index in [1.54, 1.807) is 6.07 Å². The molecule has 0 aliphatic carbocycles. The van der Waals surface area contributed by atoms with Gasteiger partial charge in [0.2, 0.25) is 0 Å². The summed E-state index contributed by atoms with van der Waals surface area (Å²) >= 11 is 7.08. The van der Waals surface area contributed by atoms with Gasteiger partial charge in [-0.05, 0) is 12.1 Å². The van der Waals surface area contributed by atoms with Crippen LogP contribution in [0, 0.1) is 0 Å². The van der Waals surface area contributed by atoms with E-state index in [9.17, 15) is 9.59 Å². The van der Waals surface area contributed by atoms with Crippen molar-refractivity contribution in [2.75, 3.05) is 6.61 Å². The van der Waals surface area contributed by atoms with Gasteiger partial charge in [-0.3, -0.25) is 9.78 Å². The maximum Gasteiger partial charge on any atom is 0.328 e. The second kappa shape index (κ2) is 5.52. The van der Waals surface area contributed by atoms with E-state index in [1.165, 1.54) is 12.3 Å². The highest BCUT2D eigenvalue weighted by molar-refractivity contribution is 7.21. The summed E-state index contributed by atoms with van der Waals surface area (Å²) in [6, 6.07) is 1.80. The molecule has 0 saturated carbocycles. The average Bonchev–Trinajstić information content (AvgIpc) is 2.80. The molecule has 0 aliphatic rings. The molecule has 2 aromatic heterocycles. The number of hydrogen-bond acceptors (Lipinski definition) is 5. The molecule has 1 atom stereocenters. The molecule has 0 unspecified atom stereocenters. The van der Waals surface area contributed by atoms with Crippen molar-refractivity contribution in [3.05, 3.63) is 28.2 Å². The lowest BCUT2D eigenvalue weighted by molar-refractivity contribution is -0.140. The van der Waals surface area contributed by atoms with Crippen molar-refractivity contribution in [2.45, 2.75) is 6.04 Å². The molecule has 100 valence electrons. The number of fused-ring (bicyclic) bond motifs is 1. The molecule has 0 aromatic carbocycles. The Morgan fingerprint density at radius 2 is 2.26 bits per heavy atom. The van der Waals surface area contributed by atoms with Crippen LogP contribution in [0.4, 0.5) is 0 Å². The first-order valence-electron chi connectivity index (χ1n) is 5.21. The first-order chi connectivity index (χ1) is 9.02. The third-order valence-electron chi connectivity index (χ3n) is 2.37. The molecule has 0 radical (unpaired) electrons. The SMILES string of the molecule is O=C(N[C@@H](CO)C(=O)O)c1cc2nccc(Cl)c2s1. The number of pyridine rings is 1. The summed E-state index contributed by atoms with van der Waals surface area (Å²) in [5.74, 6) is -1.88. The van der Waals surface area contributed by atoms with Crippen LogP contribution < -0.4 is 5.32 Å². The van der Waals surface area contributed by atoms with Crippen LogP contribution in [0.5, 0.6) is 0 Å². The third-order valence-corrected chi connectivity index (χ3v) is 3.96. The minimum absolute atomic E-state index is 0.287. The monoisotopic (exact) mass is 300 g/mol.